The van der Waals surface area contributed by atoms with Crippen LogP contribution in [-0.4, -0.2) is 50.6 Å². The molecule has 0 aliphatic rings. The van der Waals surface area contributed by atoms with E-state index in [1.54, 1.807) is 14.2 Å². The molecule has 0 saturated heterocycles. The molecule has 0 fully saturated rings. The number of aliphatic hydroxyl groups excluding tert-OH is 1. The molecule has 1 rings (SSSR count). The predicted octanol–water partition coefficient (Wildman–Crippen LogP) is 1.04. The fraction of sp³-hybridized carbons (Fsp3) is 0.727. The van der Waals surface area contributed by atoms with Gasteiger partial charge in [-0.05, 0) is 6.92 Å². The molecule has 5 nitrogen and oxygen atoms in total. The van der Waals surface area contributed by atoms with Gasteiger partial charge in [-0.15, -0.1) is 0 Å². The highest BCUT2D eigenvalue weighted by Gasteiger charge is 2.13. The molecular weight excluding hydrogens is 240 g/mol. The fourth-order valence-electron chi connectivity index (χ4n) is 1.40. The zero-order valence-electron chi connectivity index (χ0n) is 10.6. The Morgan fingerprint density at radius 3 is 2.24 bits per heavy atom. The van der Waals surface area contributed by atoms with Crippen molar-refractivity contribution < 1.29 is 14.6 Å². The highest BCUT2D eigenvalue weighted by atomic mass is 32.1. The van der Waals surface area contributed by atoms with E-state index < -0.39 is 0 Å². The fourth-order valence-corrected chi connectivity index (χ4v) is 2.37. The van der Waals surface area contributed by atoms with Gasteiger partial charge < -0.3 is 19.5 Å². The van der Waals surface area contributed by atoms with E-state index in [1.807, 2.05) is 6.92 Å². The molecule has 0 aromatic carbocycles. The van der Waals surface area contributed by atoms with Crippen LogP contribution in [0, 0.1) is 6.92 Å². The lowest BCUT2D eigenvalue weighted by atomic mass is 10.4. The van der Waals surface area contributed by atoms with Gasteiger partial charge in [0.15, 0.2) is 5.13 Å². The summed E-state index contributed by atoms with van der Waals surface area (Å²) < 4.78 is 10.2. The van der Waals surface area contributed by atoms with Gasteiger partial charge in [0.25, 0.3) is 0 Å². The van der Waals surface area contributed by atoms with Crippen molar-refractivity contribution in [2.24, 2.45) is 0 Å². The number of aryl methyl sites for hydroxylation is 1. The van der Waals surface area contributed by atoms with Gasteiger partial charge >= 0.3 is 0 Å². The molecule has 0 aliphatic carbocycles. The van der Waals surface area contributed by atoms with Gasteiger partial charge in [-0.2, -0.15) is 0 Å². The Morgan fingerprint density at radius 2 is 1.82 bits per heavy atom. The quantitative estimate of drug-likeness (QED) is 0.757. The topological polar surface area (TPSA) is 54.8 Å². The van der Waals surface area contributed by atoms with E-state index in [0.29, 0.717) is 13.2 Å². The third kappa shape index (κ3) is 4.23. The average Bonchev–Trinajstić information content (AvgIpc) is 2.70. The van der Waals surface area contributed by atoms with Crippen molar-refractivity contribution in [3.63, 3.8) is 0 Å². The standard InChI is InChI=1S/C11H20N2O3S/c1-9-10(8-14)17-11(12-9)13(4-6-15-2)5-7-16-3/h14H,4-8H2,1-3H3. The first-order valence-corrected chi connectivity index (χ1v) is 6.34. The highest BCUT2D eigenvalue weighted by molar-refractivity contribution is 7.15. The summed E-state index contributed by atoms with van der Waals surface area (Å²) in [6, 6.07) is 0. The summed E-state index contributed by atoms with van der Waals surface area (Å²) >= 11 is 1.52. The van der Waals surface area contributed by atoms with Crippen LogP contribution in [0.4, 0.5) is 5.13 Å². The molecule has 0 unspecified atom stereocenters. The number of aromatic nitrogens is 1. The van der Waals surface area contributed by atoms with Crippen molar-refractivity contribution >= 4 is 16.5 Å². The normalized spacial score (nSPS) is 10.8. The predicted molar refractivity (Wildman–Crippen MR) is 68.7 cm³/mol. The van der Waals surface area contributed by atoms with Crippen molar-refractivity contribution in [3.05, 3.63) is 10.6 Å². The molecule has 98 valence electrons. The minimum atomic E-state index is 0.0475. The third-order valence-electron chi connectivity index (χ3n) is 2.43. The molecule has 0 aliphatic heterocycles. The number of rotatable bonds is 8. The van der Waals surface area contributed by atoms with Crippen molar-refractivity contribution in [1.29, 1.82) is 0 Å². The Hall–Kier alpha value is -0.690. The zero-order valence-corrected chi connectivity index (χ0v) is 11.4. The van der Waals surface area contributed by atoms with Crippen LogP contribution in [0.25, 0.3) is 0 Å². The summed E-state index contributed by atoms with van der Waals surface area (Å²) in [5, 5.41) is 10.1. The van der Waals surface area contributed by atoms with Crippen LogP contribution >= 0.6 is 11.3 Å². The summed E-state index contributed by atoms with van der Waals surface area (Å²) in [6.45, 7) is 4.81. The minimum Gasteiger partial charge on any atom is -0.391 e. The maximum absolute atomic E-state index is 9.17. The Kier molecular flexibility index (Phi) is 6.43. The number of hydrogen-bond donors (Lipinski definition) is 1. The van der Waals surface area contributed by atoms with E-state index in [4.69, 9.17) is 14.6 Å². The summed E-state index contributed by atoms with van der Waals surface area (Å²) in [5.41, 5.74) is 0.896. The Labute approximate surface area is 106 Å². The van der Waals surface area contributed by atoms with E-state index in [0.717, 1.165) is 28.8 Å². The number of ether oxygens (including phenoxy) is 2. The lowest BCUT2D eigenvalue weighted by Gasteiger charge is -2.20. The molecule has 1 N–H and O–H groups in total. The molecule has 17 heavy (non-hydrogen) atoms. The van der Waals surface area contributed by atoms with Gasteiger partial charge in [0.1, 0.15) is 0 Å². The molecule has 0 amide bonds. The van der Waals surface area contributed by atoms with Crippen LogP contribution in [0.2, 0.25) is 0 Å². The Bertz CT molecular complexity index is 323. The smallest absolute Gasteiger partial charge is 0.186 e. The molecular formula is C11H20N2O3S. The number of anilines is 1. The molecule has 0 spiro atoms. The summed E-state index contributed by atoms with van der Waals surface area (Å²) in [7, 11) is 3.36. The van der Waals surface area contributed by atoms with Crippen molar-refractivity contribution in [2.45, 2.75) is 13.5 Å². The average molecular weight is 260 g/mol. The van der Waals surface area contributed by atoms with Gasteiger partial charge in [0.05, 0.1) is 30.4 Å². The van der Waals surface area contributed by atoms with Crippen LogP contribution in [0.15, 0.2) is 0 Å². The Balaban J connectivity index is 2.71. The lowest BCUT2D eigenvalue weighted by molar-refractivity contribution is 0.190. The Morgan fingerprint density at radius 1 is 1.24 bits per heavy atom. The number of methoxy groups -OCH3 is 2. The monoisotopic (exact) mass is 260 g/mol. The van der Waals surface area contributed by atoms with E-state index in [2.05, 4.69) is 9.88 Å². The van der Waals surface area contributed by atoms with Crippen LogP contribution in [0.1, 0.15) is 10.6 Å². The van der Waals surface area contributed by atoms with Crippen LogP contribution in [0.3, 0.4) is 0 Å². The number of aliphatic hydroxyl groups is 1. The van der Waals surface area contributed by atoms with E-state index >= 15 is 0 Å². The second kappa shape index (κ2) is 7.60. The van der Waals surface area contributed by atoms with Gasteiger partial charge in [-0.1, -0.05) is 11.3 Å². The van der Waals surface area contributed by atoms with Crippen LogP contribution < -0.4 is 4.90 Å². The second-order valence-electron chi connectivity index (χ2n) is 3.64. The first kappa shape index (κ1) is 14.4. The largest absolute Gasteiger partial charge is 0.391 e. The maximum atomic E-state index is 9.17. The summed E-state index contributed by atoms with van der Waals surface area (Å²) in [6.07, 6.45) is 0. The molecule has 1 aromatic heterocycles. The van der Waals surface area contributed by atoms with Crippen molar-refractivity contribution in [2.75, 3.05) is 45.4 Å². The molecule has 6 heteroatoms. The summed E-state index contributed by atoms with van der Waals surface area (Å²) in [5.74, 6) is 0. The van der Waals surface area contributed by atoms with Gasteiger partial charge in [-0.3, -0.25) is 0 Å². The van der Waals surface area contributed by atoms with Crippen molar-refractivity contribution in [1.82, 2.24) is 4.98 Å². The van der Waals surface area contributed by atoms with Gasteiger partial charge in [-0.25, -0.2) is 4.98 Å². The first-order chi connectivity index (χ1) is 8.22. The van der Waals surface area contributed by atoms with Crippen molar-refractivity contribution in [3.8, 4) is 0 Å². The summed E-state index contributed by atoms with van der Waals surface area (Å²) in [4.78, 5) is 7.49. The molecule has 0 bridgehead atoms. The highest BCUT2D eigenvalue weighted by Crippen LogP contribution is 2.25. The van der Waals surface area contributed by atoms with Crippen LogP contribution in [0.5, 0.6) is 0 Å². The molecule has 1 aromatic rings. The van der Waals surface area contributed by atoms with E-state index in [9.17, 15) is 0 Å². The molecule has 0 radical (unpaired) electrons. The number of nitrogens with zero attached hydrogens (tertiary/aromatic N) is 2. The number of hydrogen-bond acceptors (Lipinski definition) is 6. The minimum absolute atomic E-state index is 0.0475. The zero-order chi connectivity index (χ0) is 12.7. The SMILES string of the molecule is COCCN(CCOC)c1nc(C)c(CO)s1. The lowest BCUT2D eigenvalue weighted by Crippen LogP contribution is -2.30. The van der Waals surface area contributed by atoms with E-state index in [1.165, 1.54) is 11.3 Å². The van der Waals surface area contributed by atoms with Gasteiger partial charge in [0, 0.05) is 27.3 Å². The molecule has 0 saturated carbocycles. The number of thiazole rings is 1. The molecule has 0 atom stereocenters. The maximum Gasteiger partial charge on any atom is 0.186 e. The third-order valence-corrected chi connectivity index (χ3v) is 3.63. The van der Waals surface area contributed by atoms with Gasteiger partial charge in [0.2, 0.25) is 0 Å². The van der Waals surface area contributed by atoms with Crippen LogP contribution in [-0.2, 0) is 16.1 Å². The van der Waals surface area contributed by atoms with E-state index in [-0.39, 0.29) is 6.61 Å². The molecule has 1 heterocycles. The second-order valence-corrected chi connectivity index (χ2v) is 4.70. The first-order valence-electron chi connectivity index (χ1n) is 5.53.